The number of imidazole rings is 1. The Bertz CT molecular complexity index is 875. The number of nitrogens with zero attached hydrogens (tertiary/aromatic N) is 3. The molecule has 1 amide bonds. The predicted molar refractivity (Wildman–Crippen MR) is 94.2 cm³/mol. The number of aromatic nitrogens is 2. The third-order valence-corrected chi connectivity index (χ3v) is 4.58. The minimum atomic E-state index is -0.313. The largest absolute Gasteiger partial charge is 0.464 e. The molecular weight excluding hydrogens is 341 g/mol. The average molecular weight is 359 g/mol. The maximum absolute atomic E-state index is 13.4. The molecule has 0 unspecified atom stereocenters. The van der Waals surface area contributed by atoms with Gasteiger partial charge in [-0.15, -0.1) is 0 Å². The second-order valence-corrected chi connectivity index (χ2v) is 6.55. The second-order valence-electron chi connectivity index (χ2n) is 5.61. The first-order valence-corrected chi connectivity index (χ1v) is 8.73. The van der Waals surface area contributed by atoms with Gasteiger partial charge in [0, 0.05) is 19.4 Å². The molecule has 0 fully saturated rings. The number of carbonyl (C=O) groups is 1. The Kier molecular flexibility index (Phi) is 5.23. The zero-order valence-electron chi connectivity index (χ0n) is 14.0. The molecule has 0 aliphatic rings. The summed E-state index contributed by atoms with van der Waals surface area (Å²) in [5.74, 6) is 1.46. The maximum Gasteiger partial charge on any atom is 0.233 e. The number of aryl methyl sites for hydroxylation is 1. The lowest BCUT2D eigenvalue weighted by atomic mass is 10.3. The number of halogens is 1. The molecule has 3 aromatic rings. The first kappa shape index (κ1) is 17.3. The van der Waals surface area contributed by atoms with Crippen LogP contribution in [0.5, 0.6) is 0 Å². The number of amides is 1. The van der Waals surface area contributed by atoms with Gasteiger partial charge in [-0.25, -0.2) is 9.37 Å². The summed E-state index contributed by atoms with van der Waals surface area (Å²) in [5, 5.41) is 0.640. The number of furan rings is 1. The third-order valence-electron chi connectivity index (χ3n) is 3.63. The van der Waals surface area contributed by atoms with E-state index in [1.165, 1.54) is 23.9 Å². The molecule has 2 aromatic heterocycles. The number of rotatable bonds is 6. The van der Waals surface area contributed by atoms with E-state index in [1.54, 1.807) is 41.0 Å². The summed E-state index contributed by atoms with van der Waals surface area (Å²) in [5.41, 5.74) is 0.673. The van der Waals surface area contributed by atoms with Crippen LogP contribution >= 0.6 is 11.8 Å². The van der Waals surface area contributed by atoms with Gasteiger partial charge < -0.3 is 9.32 Å². The van der Waals surface area contributed by atoms with Crippen molar-refractivity contribution < 1.29 is 13.6 Å². The van der Waals surface area contributed by atoms with Crippen molar-refractivity contribution in [3.63, 3.8) is 0 Å². The summed E-state index contributed by atoms with van der Waals surface area (Å²) in [6.45, 7) is 2.29. The molecule has 0 radical (unpaired) electrons. The Labute approximate surface area is 149 Å². The fourth-order valence-electron chi connectivity index (χ4n) is 2.35. The van der Waals surface area contributed by atoms with Crippen molar-refractivity contribution in [3.05, 3.63) is 66.1 Å². The minimum Gasteiger partial charge on any atom is -0.464 e. The highest BCUT2D eigenvalue weighted by atomic mass is 32.2. The van der Waals surface area contributed by atoms with E-state index in [1.807, 2.05) is 19.1 Å². The van der Waals surface area contributed by atoms with Gasteiger partial charge in [-0.3, -0.25) is 9.36 Å². The molecule has 0 atom stereocenters. The summed E-state index contributed by atoms with van der Waals surface area (Å²) in [6.07, 6.45) is 3.38. The van der Waals surface area contributed by atoms with E-state index >= 15 is 0 Å². The number of hydrogen-bond acceptors (Lipinski definition) is 4. The van der Waals surface area contributed by atoms with Crippen LogP contribution in [0.2, 0.25) is 0 Å². The predicted octanol–water partition coefficient (Wildman–Crippen LogP) is 3.66. The molecule has 0 N–H and O–H groups in total. The van der Waals surface area contributed by atoms with E-state index in [9.17, 15) is 9.18 Å². The standard InChI is InChI=1S/C18H18FN3O2S/c1-13-6-7-16(24-13)11-21(2)17(23)12-25-18-20-8-9-22(18)15-5-3-4-14(19)10-15/h3-10H,11-12H2,1-2H3. The quantitative estimate of drug-likeness (QED) is 0.630. The highest BCUT2D eigenvalue weighted by Crippen LogP contribution is 2.21. The maximum atomic E-state index is 13.4. The van der Waals surface area contributed by atoms with Crippen LogP contribution in [0.1, 0.15) is 11.5 Å². The van der Waals surface area contributed by atoms with E-state index in [0.717, 1.165) is 11.5 Å². The Morgan fingerprint density at radius 2 is 2.20 bits per heavy atom. The molecule has 130 valence electrons. The molecule has 7 heteroatoms. The van der Waals surface area contributed by atoms with Crippen molar-refractivity contribution in [3.8, 4) is 5.69 Å². The molecule has 0 aliphatic heterocycles. The highest BCUT2D eigenvalue weighted by Gasteiger charge is 2.14. The van der Waals surface area contributed by atoms with Crippen molar-refractivity contribution in [2.45, 2.75) is 18.6 Å². The lowest BCUT2D eigenvalue weighted by Crippen LogP contribution is -2.27. The van der Waals surface area contributed by atoms with Gasteiger partial charge in [-0.1, -0.05) is 17.8 Å². The minimum absolute atomic E-state index is 0.0344. The summed E-state index contributed by atoms with van der Waals surface area (Å²) in [7, 11) is 1.74. The molecule has 25 heavy (non-hydrogen) atoms. The van der Waals surface area contributed by atoms with E-state index in [2.05, 4.69) is 4.98 Å². The van der Waals surface area contributed by atoms with Crippen LogP contribution in [0, 0.1) is 12.7 Å². The first-order chi connectivity index (χ1) is 12.0. The van der Waals surface area contributed by atoms with Gasteiger partial charge in [0.1, 0.15) is 17.3 Å². The molecule has 0 aliphatic carbocycles. The van der Waals surface area contributed by atoms with Gasteiger partial charge in [0.15, 0.2) is 5.16 Å². The van der Waals surface area contributed by atoms with E-state index in [-0.39, 0.29) is 17.5 Å². The van der Waals surface area contributed by atoms with Crippen LogP contribution in [0.3, 0.4) is 0 Å². The molecule has 5 nitrogen and oxygen atoms in total. The zero-order chi connectivity index (χ0) is 17.8. The molecule has 0 spiro atoms. The Balaban J connectivity index is 1.62. The molecule has 3 rings (SSSR count). The SMILES string of the molecule is Cc1ccc(CN(C)C(=O)CSc2nccn2-c2cccc(F)c2)o1. The molecule has 0 bridgehead atoms. The van der Waals surface area contributed by atoms with Gasteiger partial charge >= 0.3 is 0 Å². The topological polar surface area (TPSA) is 51.3 Å². The first-order valence-electron chi connectivity index (χ1n) is 7.74. The van der Waals surface area contributed by atoms with E-state index in [0.29, 0.717) is 17.4 Å². The molecule has 2 heterocycles. The molecule has 0 saturated heterocycles. The van der Waals surface area contributed by atoms with Gasteiger partial charge in [0.05, 0.1) is 18.0 Å². The molecule has 0 saturated carbocycles. The van der Waals surface area contributed by atoms with Crippen LogP contribution in [0.25, 0.3) is 5.69 Å². The lowest BCUT2D eigenvalue weighted by molar-refractivity contribution is -0.127. The van der Waals surface area contributed by atoms with Crippen LogP contribution < -0.4 is 0 Å². The lowest BCUT2D eigenvalue weighted by Gasteiger charge is -2.15. The molecule has 1 aromatic carbocycles. The zero-order valence-corrected chi connectivity index (χ0v) is 14.8. The van der Waals surface area contributed by atoms with Gasteiger partial charge in [-0.05, 0) is 37.3 Å². The highest BCUT2D eigenvalue weighted by molar-refractivity contribution is 7.99. The van der Waals surface area contributed by atoms with Crippen LogP contribution in [0.4, 0.5) is 4.39 Å². The summed E-state index contributed by atoms with van der Waals surface area (Å²) >= 11 is 1.31. The molecular formula is C18H18FN3O2S. The summed E-state index contributed by atoms with van der Waals surface area (Å²) in [6, 6.07) is 9.99. The summed E-state index contributed by atoms with van der Waals surface area (Å²) in [4.78, 5) is 18.2. The Morgan fingerprint density at radius 3 is 2.92 bits per heavy atom. The van der Waals surface area contributed by atoms with E-state index < -0.39 is 0 Å². The average Bonchev–Trinajstić information content (AvgIpc) is 3.21. The smallest absolute Gasteiger partial charge is 0.233 e. The van der Waals surface area contributed by atoms with Crippen LogP contribution in [0.15, 0.2) is 58.4 Å². The number of benzene rings is 1. The van der Waals surface area contributed by atoms with Crippen molar-refractivity contribution in [2.75, 3.05) is 12.8 Å². The van der Waals surface area contributed by atoms with Gasteiger partial charge in [-0.2, -0.15) is 0 Å². The van der Waals surface area contributed by atoms with Crippen LogP contribution in [-0.2, 0) is 11.3 Å². The number of hydrogen-bond donors (Lipinski definition) is 0. The van der Waals surface area contributed by atoms with Crippen molar-refractivity contribution in [2.24, 2.45) is 0 Å². The normalized spacial score (nSPS) is 10.8. The summed E-state index contributed by atoms with van der Waals surface area (Å²) < 4.78 is 20.7. The number of carbonyl (C=O) groups excluding carboxylic acids is 1. The van der Waals surface area contributed by atoms with E-state index in [4.69, 9.17) is 4.42 Å². The van der Waals surface area contributed by atoms with Crippen molar-refractivity contribution in [1.29, 1.82) is 0 Å². The van der Waals surface area contributed by atoms with Crippen LogP contribution in [-0.4, -0.2) is 33.2 Å². The fourth-order valence-corrected chi connectivity index (χ4v) is 3.26. The van der Waals surface area contributed by atoms with Crippen molar-refractivity contribution in [1.82, 2.24) is 14.5 Å². The van der Waals surface area contributed by atoms with Crippen molar-refractivity contribution >= 4 is 17.7 Å². The third kappa shape index (κ3) is 4.30. The Morgan fingerprint density at radius 1 is 1.36 bits per heavy atom. The second kappa shape index (κ2) is 7.57. The Hall–Kier alpha value is -2.54. The van der Waals surface area contributed by atoms with Gasteiger partial charge in [0.2, 0.25) is 5.91 Å². The monoisotopic (exact) mass is 359 g/mol. The number of thioether (sulfide) groups is 1. The fraction of sp³-hybridized carbons (Fsp3) is 0.222. The van der Waals surface area contributed by atoms with Gasteiger partial charge in [0.25, 0.3) is 0 Å².